The normalized spacial score (nSPS) is 12.7. The first-order chi connectivity index (χ1) is 13.1. The molecule has 0 saturated heterocycles. The summed E-state index contributed by atoms with van der Waals surface area (Å²) in [6.45, 7) is -0.266. The summed E-state index contributed by atoms with van der Waals surface area (Å²) in [5.41, 5.74) is -1.61. The van der Waals surface area contributed by atoms with Crippen LogP contribution in [0.3, 0.4) is 0 Å². The lowest BCUT2D eigenvalue weighted by Gasteiger charge is -2.25. The van der Waals surface area contributed by atoms with Crippen LogP contribution >= 0.6 is 0 Å². The van der Waals surface area contributed by atoms with Gasteiger partial charge in [0.25, 0.3) is 5.56 Å². The molecule has 0 saturated carbocycles. The number of alkyl halides is 3. The first kappa shape index (κ1) is 21.5. The Morgan fingerprint density at radius 2 is 1.86 bits per heavy atom. The summed E-state index contributed by atoms with van der Waals surface area (Å²) < 4.78 is 44.3. The summed E-state index contributed by atoms with van der Waals surface area (Å²) >= 11 is 0. The molecule has 1 aromatic heterocycles. The molecule has 1 unspecified atom stereocenters. The number of carbonyl (C=O) groups is 1. The highest BCUT2D eigenvalue weighted by Gasteiger charge is 2.34. The van der Waals surface area contributed by atoms with E-state index in [9.17, 15) is 22.8 Å². The molecular formula is C19H22F3N3O3. The van der Waals surface area contributed by atoms with E-state index in [0.29, 0.717) is 11.8 Å². The third-order valence-corrected chi connectivity index (χ3v) is 4.26. The van der Waals surface area contributed by atoms with Crippen LogP contribution in [0.15, 0.2) is 47.4 Å². The fourth-order valence-corrected chi connectivity index (χ4v) is 2.72. The second-order valence-electron chi connectivity index (χ2n) is 6.41. The summed E-state index contributed by atoms with van der Waals surface area (Å²) in [7, 11) is 5.26. The molecule has 1 aromatic carbocycles. The lowest BCUT2D eigenvalue weighted by molar-refractivity contribution is -0.139. The minimum atomic E-state index is -4.76. The van der Waals surface area contributed by atoms with E-state index in [1.165, 1.54) is 0 Å². The van der Waals surface area contributed by atoms with Gasteiger partial charge in [-0.15, -0.1) is 0 Å². The second kappa shape index (κ2) is 8.92. The highest BCUT2D eigenvalue weighted by molar-refractivity contribution is 5.75. The van der Waals surface area contributed by atoms with Crippen LogP contribution in [0.4, 0.5) is 13.2 Å². The molecule has 0 radical (unpaired) electrons. The quantitative estimate of drug-likeness (QED) is 0.779. The number of rotatable bonds is 7. The van der Waals surface area contributed by atoms with Gasteiger partial charge in [-0.25, -0.2) is 0 Å². The molecule has 2 rings (SSSR count). The summed E-state index contributed by atoms with van der Waals surface area (Å²) in [5.74, 6) is 0.149. The molecule has 28 heavy (non-hydrogen) atoms. The van der Waals surface area contributed by atoms with Crippen LogP contribution in [0.5, 0.6) is 5.75 Å². The number of carbonyl (C=O) groups excluding carboxylic acids is 1. The molecule has 1 heterocycles. The van der Waals surface area contributed by atoms with Crippen molar-refractivity contribution < 1.29 is 22.7 Å². The maximum atomic E-state index is 12.8. The van der Waals surface area contributed by atoms with Crippen molar-refractivity contribution in [3.05, 3.63) is 64.1 Å². The Labute approximate surface area is 160 Å². The summed E-state index contributed by atoms with van der Waals surface area (Å²) in [6, 6.07) is 8.97. The lowest BCUT2D eigenvalue weighted by atomic mass is 10.1. The molecule has 1 N–H and O–H groups in total. The molecule has 0 fully saturated rings. The van der Waals surface area contributed by atoms with Gasteiger partial charge in [-0.2, -0.15) is 13.2 Å². The zero-order valence-electron chi connectivity index (χ0n) is 15.8. The molecule has 152 valence electrons. The summed E-state index contributed by atoms with van der Waals surface area (Å²) in [4.78, 5) is 26.0. The molecule has 9 heteroatoms. The summed E-state index contributed by atoms with van der Waals surface area (Å²) in [6.07, 6.45) is -3.61. The highest BCUT2D eigenvalue weighted by atomic mass is 19.4. The van der Waals surface area contributed by atoms with E-state index in [1.54, 1.807) is 19.2 Å². The van der Waals surface area contributed by atoms with Gasteiger partial charge in [0.2, 0.25) is 5.91 Å². The smallest absolute Gasteiger partial charge is 0.421 e. The van der Waals surface area contributed by atoms with Crippen LogP contribution < -0.4 is 15.6 Å². The first-order valence-electron chi connectivity index (χ1n) is 8.47. The van der Waals surface area contributed by atoms with E-state index >= 15 is 0 Å². The van der Waals surface area contributed by atoms with Gasteiger partial charge >= 0.3 is 6.18 Å². The number of amides is 1. The summed E-state index contributed by atoms with van der Waals surface area (Å²) in [5, 5.41) is 2.67. The molecule has 1 amide bonds. The Kier molecular flexibility index (Phi) is 6.85. The van der Waals surface area contributed by atoms with Gasteiger partial charge < -0.3 is 19.5 Å². The van der Waals surface area contributed by atoms with Crippen molar-refractivity contribution in [2.75, 3.05) is 27.7 Å². The SMILES string of the molecule is COc1ccc(C(CNC(=O)Cn2cccc(C(F)(F)F)c2=O)N(C)C)cc1. The van der Waals surface area contributed by atoms with E-state index < -0.39 is 29.8 Å². The van der Waals surface area contributed by atoms with Gasteiger partial charge in [-0.1, -0.05) is 12.1 Å². The molecule has 2 aromatic rings. The Hall–Kier alpha value is -2.81. The number of hydrogen-bond donors (Lipinski definition) is 1. The molecule has 0 aliphatic heterocycles. The number of halogens is 3. The average molecular weight is 397 g/mol. The average Bonchev–Trinajstić information content (AvgIpc) is 2.63. The van der Waals surface area contributed by atoms with Gasteiger partial charge in [-0.05, 0) is 43.9 Å². The predicted octanol–water partition coefficient (Wildman–Crippen LogP) is 2.29. The third kappa shape index (κ3) is 5.35. The molecule has 0 spiro atoms. The van der Waals surface area contributed by atoms with Crippen molar-refractivity contribution >= 4 is 5.91 Å². The number of likely N-dealkylation sites (N-methyl/N-ethyl adjacent to an activating group) is 1. The van der Waals surface area contributed by atoms with Crippen molar-refractivity contribution in [1.29, 1.82) is 0 Å². The number of aromatic nitrogens is 1. The van der Waals surface area contributed by atoms with E-state index in [-0.39, 0.29) is 12.6 Å². The lowest BCUT2D eigenvalue weighted by Crippen LogP contribution is -2.38. The van der Waals surface area contributed by atoms with E-state index in [2.05, 4.69) is 5.32 Å². The van der Waals surface area contributed by atoms with Crippen molar-refractivity contribution in [3.63, 3.8) is 0 Å². The number of benzene rings is 1. The van der Waals surface area contributed by atoms with Gasteiger partial charge in [0.05, 0.1) is 13.2 Å². The molecule has 0 bridgehead atoms. The van der Waals surface area contributed by atoms with Crippen LogP contribution in [0, 0.1) is 0 Å². The molecule has 0 aliphatic carbocycles. The van der Waals surface area contributed by atoms with E-state index in [1.807, 2.05) is 31.1 Å². The van der Waals surface area contributed by atoms with Crippen LogP contribution in [-0.2, 0) is 17.5 Å². The predicted molar refractivity (Wildman–Crippen MR) is 98.1 cm³/mol. The van der Waals surface area contributed by atoms with Crippen molar-refractivity contribution in [3.8, 4) is 5.75 Å². The van der Waals surface area contributed by atoms with E-state index in [0.717, 1.165) is 22.4 Å². The third-order valence-electron chi connectivity index (χ3n) is 4.26. The number of nitrogens with one attached hydrogen (secondary N) is 1. The fraction of sp³-hybridized carbons (Fsp3) is 0.368. The van der Waals surface area contributed by atoms with Gasteiger partial charge in [0.1, 0.15) is 17.9 Å². The van der Waals surface area contributed by atoms with Crippen LogP contribution in [-0.4, -0.2) is 43.1 Å². The number of ether oxygens (including phenoxy) is 1. The largest absolute Gasteiger partial charge is 0.497 e. The topological polar surface area (TPSA) is 63.6 Å². The Bertz CT molecular complexity index is 861. The molecular weight excluding hydrogens is 375 g/mol. The van der Waals surface area contributed by atoms with Crippen molar-refractivity contribution in [2.24, 2.45) is 0 Å². The van der Waals surface area contributed by atoms with Gasteiger partial charge in [-0.3, -0.25) is 9.59 Å². The molecule has 0 aliphatic rings. The monoisotopic (exact) mass is 397 g/mol. The van der Waals surface area contributed by atoms with Crippen molar-refractivity contribution in [1.82, 2.24) is 14.8 Å². The zero-order valence-corrected chi connectivity index (χ0v) is 15.8. The standard InChI is InChI=1S/C19H22F3N3O3/c1-24(2)16(13-6-8-14(28-3)9-7-13)11-23-17(26)12-25-10-4-5-15(18(25)27)19(20,21)22/h4-10,16H,11-12H2,1-3H3,(H,23,26). The maximum absolute atomic E-state index is 12.8. The van der Waals surface area contributed by atoms with E-state index in [4.69, 9.17) is 4.74 Å². The molecule has 1 atom stereocenters. The maximum Gasteiger partial charge on any atom is 0.421 e. The molecule has 6 nitrogen and oxygen atoms in total. The fourth-order valence-electron chi connectivity index (χ4n) is 2.72. The van der Waals surface area contributed by atoms with Gasteiger partial charge in [0.15, 0.2) is 0 Å². The van der Waals surface area contributed by atoms with Crippen LogP contribution in [0.1, 0.15) is 17.2 Å². The number of methoxy groups -OCH3 is 1. The first-order valence-corrected chi connectivity index (χ1v) is 8.47. The van der Waals surface area contributed by atoms with Crippen LogP contribution in [0.2, 0.25) is 0 Å². The number of nitrogens with zero attached hydrogens (tertiary/aromatic N) is 2. The zero-order chi connectivity index (χ0) is 20.9. The second-order valence-corrected chi connectivity index (χ2v) is 6.41. The Morgan fingerprint density at radius 1 is 1.21 bits per heavy atom. The Morgan fingerprint density at radius 3 is 2.39 bits per heavy atom. The van der Waals surface area contributed by atoms with Crippen molar-refractivity contribution in [2.45, 2.75) is 18.8 Å². The number of hydrogen-bond acceptors (Lipinski definition) is 4. The Balaban J connectivity index is 2.07. The highest BCUT2D eigenvalue weighted by Crippen LogP contribution is 2.26. The number of pyridine rings is 1. The van der Waals surface area contributed by atoms with Crippen LogP contribution in [0.25, 0.3) is 0 Å². The van der Waals surface area contributed by atoms with Gasteiger partial charge in [0, 0.05) is 12.7 Å². The minimum absolute atomic E-state index is 0.159. The minimum Gasteiger partial charge on any atom is -0.497 e.